The molecule has 0 heterocycles. The fraction of sp³-hybridized carbons (Fsp3) is 0.333. The van der Waals surface area contributed by atoms with Crippen LogP contribution in [0.2, 0.25) is 10.0 Å². The predicted molar refractivity (Wildman–Crippen MR) is 57.1 cm³/mol. The summed E-state index contributed by atoms with van der Waals surface area (Å²) >= 11 is 11.9. The van der Waals surface area contributed by atoms with E-state index in [2.05, 4.69) is 0 Å². The Morgan fingerprint density at radius 1 is 1.23 bits per heavy atom. The molecule has 0 fully saturated rings. The summed E-state index contributed by atoms with van der Waals surface area (Å²) in [6, 6.07) is 5.17. The number of rotatable bonds is 3. The topological polar surface area (TPSA) is 52.0 Å². The summed E-state index contributed by atoms with van der Waals surface area (Å²) in [7, 11) is 0. The zero-order chi connectivity index (χ0) is 9.84. The Labute approximate surface area is 87.8 Å². The highest BCUT2D eigenvalue weighted by atomic mass is 35.5. The summed E-state index contributed by atoms with van der Waals surface area (Å²) in [6.07, 6.45) is 0.684. The molecule has 72 valence electrons. The zero-order valence-electron chi connectivity index (χ0n) is 7.13. The van der Waals surface area contributed by atoms with Gasteiger partial charge in [0.15, 0.2) is 0 Å². The first kappa shape index (κ1) is 10.8. The third-order valence-corrected chi connectivity index (χ3v) is 2.51. The number of halogens is 2. The minimum atomic E-state index is -0.175. The maximum absolute atomic E-state index is 5.95. The summed E-state index contributed by atoms with van der Waals surface area (Å²) in [6.45, 7) is 0.530. The first-order chi connectivity index (χ1) is 6.16. The molecule has 0 aliphatic rings. The maximum Gasteiger partial charge on any atom is 0.0468 e. The molecule has 1 aromatic rings. The summed E-state index contributed by atoms with van der Waals surface area (Å²) < 4.78 is 0. The molecular weight excluding hydrogens is 207 g/mol. The molecule has 0 saturated carbocycles. The monoisotopic (exact) mass is 218 g/mol. The molecule has 0 saturated heterocycles. The van der Waals surface area contributed by atoms with Gasteiger partial charge in [-0.1, -0.05) is 29.3 Å². The van der Waals surface area contributed by atoms with Crippen LogP contribution in [0.4, 0.5) is 0 Å². The predicted octanol–water partition coefficient (Wildman–Crippen LogP) is 2.34. The molecule has 13 heavy (non-hydrogen) atoms. The van der Waals surface area contributed by atoms with Gasteiger partial charge < -0.3 is 11.5 Å². The van der Waals surface area contributed by atoms with E-state index in [0.29, 0.717) is 23.0 Å². The molecule has 1 atom stereocenters. The Bertz CT molecular complexity index is 269. The van der Waals surface area contributed by atoms with Gasteiger partial charge in [-0.15, -0.1) is 0 Å². The van der Waals surface area contributed by atoms with Gasteiger partial charge in [-0.25, -0.2) is 0 Å². The standard InChI is InChI=1S/C9H12Cl2N2/c10-6-2-1-3-7(11)9(6)8(13)4-5-12/h1-3,8H,4-5,12-13H2/t8-/m1/s1. The van der Waals surface area contributed by atoms with Crippen molar-refractivity contribution >= 4 is 23.2 Å². The average molecular weight is 219 g/mol. The van der Waals surface area contributed by atoms with E-state index in [-0.39, 0.29) is 6.04 Å². The van der Waals surface area contributed by atoms with Crippen LogP contribution in [0.1, 0.15) is 18.0 Å². The lowest BCUT2D eigenvalue weighted by molar-refractivity contribution is 0.662. The normalized spacial score (nSPS) is 12.9. The summed E-state index contributed by atoms with van der Waals surface area (Å²) in [5.74, 6) is 0. The Kier molecular flexibility index (Phi) is 4.00. The molecule has 2 nitrogen and oxygen atoms in total. The Hall–Kier alpha value is -0.280. The van der Waals surface area contributed by atoms with Crippen molar-refractivity contribution in [1.82, 2.24) is 0 Å². The summed E-state index contributed by atoms with van der Waals surface area (Å²) in [4.78, 5) is 0. The molecule has 1 rings (SSSR count). The van der Waals surface area contributed by atoms with Gasteiger partial charge in [-0.2, -0.15) is 0 Å². The highest BCUT2D eigenvalue weighted by molar-refractivity contribution is 6.36. The number of hydrogen-bond donors (Lipinski definition) is 2. The van der Waals surface area contributed by atoms with E-state index in [4.69, 9.17) is 34.7 Å². The summed E-state index contributed by atoms with van der Waals surface area (Å²) in [5, 5.41) is 1.21. The van der Waals surface area contributed by atoms with Gasteiger partial charge in [0.1, 0.15) is 0 Å². The van der Waals surface area contributed by atoms with Crippen LogP contribution in [0.15, 0.2) is 18.2 Å². The van der Waals surface area contributed by atoms with E-state index < -0.39 is 0 Å². The van der Waals surface area contributed by atoms with Crippen LogP contribution in [0, 0.1) is 0 Å². The van der Waals surface area contributed by atoms with Crippen LogP contribution in [-0.2, 0) is 0 Å². The fourth-order valence-corrected chi connectivity index (χ4v) is 1.87. The third kappa shape index (κ3) is 2.58. The molecular formula is C9H12Cl2N2. The van der Waals surface area contributed by atoms with E-state index in [0.717, 1.165) is 5.56 Å². The molecule has 0 amide bonds. The van der Waals surface area contributed by atoms with Crippen LogP contribution < -0.4 is 11.5 Å². The average Bonchev–Trinajstić information content (AvgIpc) is 2.04. The molecule has 4 heteroatoms. The lowest BCUT2D eigenvalue weighted by Crippen LogP contribution is -2.16. The minimum Gasteiger partial charge on any atom is -0.330 e. The molecule has 0 unspecified atom stereocenters. The highest BCUT2D eigenvalue weighted by Gasteiger charge is 2.12. The first-order valence-electron chi connectivity index (χ1n) is 4.06. The van der Waals surface area contributed by atoms with Crippen molar-refractivity contribution in [2.75, 3.05) is 6.54 Å². The van der Waals surface area contributed by atoms with Gasteiger partial charge in [0, 0.05) is 21.7 Å². The molecule has 0 radical (unpaired) electrons. The van der Waals surface area contributed by atoms with Crippen molar-refractivity contribution in [2.24, 2.45) is 11.5 Å². The smallest absolute Gasteiger partial charge is 0.0468 e. The SMILES string of the molecule is NCC[C@@H](N)c1c(Cl)cccc1Cl. The van der Waals surface area contributed by atoms with Gasteiger partial charge in [0.05, 0.1) is 0 Å². The van der Waals surface area contributed by atoms with Crippen molar-refractivity contribution in [1.29, 1.82) is 0 Å². The number of hydrogen-bond acceptors (Lipinski definition) is 2. The van der Waals surface area contributed by atoms with E-state index in [1.807, 2.05) is 0 Å². The van der Waals surface area contributed by atoms with Crippen LogP contribution in [-0.4, -0.2) is 6.54 Å². The highest BCUT2D eigenvalue weighted by Crippen LogP contribution is 2.30. The molecule has 0 bridgehead atoms. The molecule has 4 N–H and O–H groups in total. The van der Waals surface area contributed by atoms with Crippen LogP contribution >= 0.6 is 23.2 Å². The molecule has 0 spiro atoms. The van der Waals surface area contributed by atoms with Gasteiger partial charge in [-0.3, -0.25) is 0 Å². The van der Waals surface area contributed by atoms with Crippen LogP contribution in [0.25, 0.3) is 0 Å². The molecule has 1 aromatic carbocycles. The van der Waals surface area contributed by atoms with Crippen molar-refractivity contribution < 1.29 is 0 Å². The largest absolute Gasteiger partial charge is 0.330 e. The van der Waals surface area contributed by atoms with Gasteiger partial charge in [-0.05, 0) is 25.1 Å². The fourth-order valence-electron chi connectivity index (χ4n) is 1.19. The van der Waals surface area contributed by atoms with Crippen molar-refractivity contribution in [3.8, 4) is 0 Å². The van der Waals surface area contributed by atoms with Gasteiger partial charge in [0.2, 0.25) is 0 Å². The molecule has 0 aliphatic carbocycles. The first-order valence-corrected chi connectivity index (χ1v) is 4.82. The van der Waals surface area contributed by atoms with Gasteiger partial charge >= 0.3 is 0 Å². The van der Waals surface area contributed by atoms with Crippen molar-refractivity contribution in [3.05, 3.63) is 33.8 Å². The minimum absolute atomic E-state index is 0.175. The van der Waals surface area contributed by atoms with Crippen molar-refractivity contribution in [3.63, 3.8) is 0 Å². The second kappa shape index (κ2) is 4.82. The quantitative estimate of drug-likeness (QED) is 0.819. The molecule has 0 aliphatic heterocycles. The van der Waals surface area contributed by atoms with E-state index in [9.17, 15) is 0 Å². The van der Waals surface area contributed by atoms with E-state index >= 15 is 0 Å². The molecule has 0 aromatic heterocycles. The van der Waals surface area contributed by atoms with Crippen LogP contribution in [0.5, 0.6) is 0 Å². The van der Waals surface area contributed by atoms with E-state index in [1.165, 1.54) is 0 Å². The summed E-state index contributed by atoms with van der Waals surface area (Å²) in [5.41, 5.74) is 12.0. The third-order valence-electron chi connectivity index (χ3n) is 1.85. The van der Waals surface area contributed by atoms with Crippen LogP contribution in [0.3, 0.4) is 0 Å². The Balaban J connectivity index is 2.98. The lowest BCUT2D eigenvalue weighted by Gasteiger charge is -2.13. The Morgan fingerprint density at radius 2 is 1.77 bits per heavy atom. The second-order valence-corrected chi connectivity index (χ2v) is 3.63. The maximum atomic E-state index is 5.95. The zero-order valence-corrected chi connectivity index (χ0v) is 8.65. The number of nitrogens with two attached hydrogens (primary N) is 2. The van der Waals surface area contributed by atoms with Gasteiger partial charge in [0.25, 0.3) is 0 Å². The number of benzene rings is 1. The lowest BCUT2D eigenvalue weighted by atomic mass is 10.0. The second-order valence-electron chi connectivity index (χ2n) is 2.82. The Morgan fingerprint density at radius 3 is 2.23 bits per heavy atom. The van der Waals surface area contributed by atoms with Crippen molar-refractivity contribution in [2.45, 2.75) is 12.5 Å². The van der Waals surface area contributed by atoms with E-state index in [1.54, 1.807) is 18.2 Å².